The van der Waals surface area contributed by atoms with Crippen LogP contribution in [0.25, 0.3) is 0 Å². The van der Waals surface area contributed by atoms with Gasteiger partial charge in [-0.15, -0.1) is 0 Å². The van der Waals surface area contributed by atoms with Crippen LogP contribution in [0.5, 0.6) is 5.75 Å². The fourth-order valence-corrected chi connectivity index (χ4v) is 2.16. The molecule has 0 amide bonds. The van der Waals surface area contributed by atoms with Crippen molar-refractivity contribution in [3.8, 4) is 5.75 Å². The average Bonchev–Trinajstić information content (AvgIpc) is 2.89. The van der Waals surface area contributed by atoms with Gasteiger partial charge >= 0.3 is 0 Å². The number of ether oxygens (including phenoxy) is 2. The van der Waals surface area contributed by atoms with E-state index < -0.39 is 0 Å². The summed E-state index contributed by atoms with van der Waals surface area (Å²) in [7, 11) is 3.56. The van der Waals surface area contributed by atoms with Crippen LogP contribution in [0, 0.1) is 0 Å². The molecule has 0 aliphatic heterocycles. The molecule has 1 aromatic carbocycles. The monoisotopic (exact) mass is 309 g/mol. The van der Waals surface area contributed by atoms with Crippen LogP contribution in [0.15, 0.2) is 30.5 Å². The summed E-state index contributed by atoms with van der Waals surface area (Å²) in [6.07, 6.45) is 1.89. The molecular weight excluding hydrogens is 290 g/mol. The molecule has 1 aromatic heterocycles. The van der Waals surface area contributed by atoms with E-state index in [1.165, 1.54) is 0 Å². The quantitative estimate of drug-likeness (QED) is 0.761. The third-order valence-corrected chi connectivity index (χ3v) is 3.36. The molecule has 0 saturated carbocycles. The predicted octanol–water partition coefficient (Wildman–Crippen LogP) is 2.39. The minimum absolute atomic E-state index is 0.423. The number of aryl methyl sites for hydroxylation is 1. The van der Waals surface area contributed by atoms with Gasteiger partial charge < -0.3 is 14.8 Å². The van der Waals surface area contributed by atoms with Gasteiger partial charge in [-0.1, -0.05) is 17.7 Å². The molecule has 6 heteroatoms. The second kappa shape index (κ2) is 8.02. The molecule has 0 fully saturated rings. The van der Waals surface area contributed by atoms with E-state index in [0.717, 1.165) is 23.6 Å². The van der Waals surface area contributed by atoms with Crippen LogP contribution in [0.1, 0.15) is 11.3 Å². The number of nitrogens with zero attached hydrogens (tertiary/aromatic N) is 2. The molecule has 0 spiro atoms. The maximum atomic E-state index is 6.26. The van der Waals surface area contributed by atoms with E-state index in [1.807, 2.05) is 37.5 Å². The zero-order chi connectivity index (χ0) is 15.1. The van der Waals surface area contributed by atoms with Crippen molar-refractivity contribution in [3.05, 3.63) is 46.7 Å². The molecule has 0 saturated heterocycles. The van der Waals surface area contributed by atoms with Crippen molar-refractivity contribution >= 4 is 11.6 Å². The molecule has 114 valence electrons. The summed E-state index contributed by atoms with van der Waals surface area (Å²) >= 11 is 6.26. The lowest BCUT2D eigenvalue weighted by atomic mass is 10.2. The van der Waals surface area contributed by atoms with Gasteiger partial charge in [0.25, 0.3) is 0 Å². The van der Waals surface area contributed by atoms with E-state index in [1.54, 1.807) is 11.8 Å². The number of nitrogens with one attached hydrogen (secondary N) is 1. The predicted molar refractivity (Wildman–Crippen MR) is 82.6 cm³/mol. The Hall–Kier alpha value is -1.56. The molecule has 0 atom stereocenters. The van der Waals surface area contributed by atoms with Crippen molar-refractivity contribution in [3.63, 3.8) is 0 Å². The maximum absolute atomic E-state index is 6.26. The Morgan fingerprint density at radius 1 is 1.33 bits per heavy atom. The van der Waals surface area contributed by atoms with E-state index in [0.29, 0.717) is 24.8 Å². The molecule has 21 heavy (non-hydrogen) atoms. The summed E-state index contributed by atoms with van der Waals surface area (Å²) in [5.41, 5.74) is 1.84. The summed E-state index contributed by atoms with van der Waals surface area (Å²) in [6, 6.07) is 7.60. The average molecular weight is 310 g/mol. The molecule has 0 aliphatic rings. The van der Waals surface area contributed by atoms with E-state index in [9.17, 15) is 0 Å². The van der Waals surface area contributed by atoms with Crippen LogP contribution < -0.4 is 10.1 Å². The van der Waals surface area contributed by atoms with Gasteiger partial charge in [-0.05, 0) is 18.2 Å². The van der Waals surface area contributed by atoms with E-state index in [2.05, 4.69) is 10.4 Å². The number of hydrogen-bond acceptors (Lipinski definition) is 4. The van der Waals surface area contributed by atoms with Crippen molar-refractivity contribution in [1.82, 2.24) is 15.1 Å². The van der Waals surface area contributed by atoms with Gasteiger partial charge in [0.15, 0.2) is 0 Å². The number of halogens is 1. The Kier molecular flexibility index (Phi) is 6.04. The Morgan fingerprint density at radius 2 is 2.19 bits per heavy atom. The highest BCUT2D eigenvalue weighted by molar-refractivity contribution is 6.31. The second-order valence-corrected chi connectivity index (χ2v) is 5.06. The highest BCUT2D eigenvalue weighted by Gasteiger charge is 2.09. The van der Waals surface area contributed by atoms with Crippen molar-refractivity contribution in [2.24, 2.45) is 7.05 Å². The summed E-state index contributed by atoms with van der Waals surface area (Å²) in [5.74, 6) is 0.776. The lowest BCUT2D eigenvalue weighted by Gasteiger charge is -2.13. The number of rotatable bonds is 8. The van der Waals surface area contributed by atoms with Gasteiger partial charge in [-0.3, -0.25) is 4.68 Å². The normalized spacial score (nSPS) is 10.8. The molecular formula is C15H20ClN3O2. The van der Waals surface area contributed by atoms with Gasteiger partial charge in [-0.2, -0.15) is 5.10 Å². The fraction of sp³-hybridized carbons (Fsp3) is 0.400. The largest absolute Gasteiger partial charge is 0.487 e. The lowest BCUT2D eigenvalue weighted by molar-refractivity contribution is 0.199. The Morgan fingerprint density at radius 3 is 2.90 bits per heavy atom. The molecule has 0 aliphatic carbocycles. The van der Waals surface area contributed by atoms with Gasteiger partial charge in [0.2, 0.25) is 0 Å². The highest BCUT2D eigenvalue weighted by atomic mass is 35.5. The molecule has 0 unspecified atom stereocenters. The number of hydrogen-bond donors (Lipinski definition) is 1. The molecule has 0 bridgehead atoms. The zero-order valence-corrected chi connectivity index (χ0v) is 13.1. The van der Waals surface area contributed by atoms with Gasteiger partial charge in [-0.25, -0.2) is 0 Å². The third kappa shape index (κ3) is 4.74. The molecule has 2 rings (SSSR count). The third-order valence-electron chi connectivity index (χ3n) is 3.01. The van der Waals surface area contributed by atoms with Crippen molar-refractivity contribution in [1.29, 1.82) is 0 Å². The fourth-order valence-electron chi connectivity index (χ4n) is 1.93. The molecule has 0 radical (unpaired) electrons. The first-order chi connectivity index (χ1) is 10.2. The maximum Gasteiger partial charge on any atom is 0.132 e. The molecule has 5 nitrogen and oxygen atoms in total. The SMILES string of the molecule is COCCNCc1c(Cl)cccc1OCc1ccn(C)n1. The van der Waals surface area contributed by atoms with Gasteiger partial charge in [0.1, 0.15) is 12.4 Å². The minimum atomic E-state index is 0.423. The molecule has 2 aromatic rings. The van der Waals surface area contributed by atoms with Crippen molar-refractivity contribution in [2.75, 3.05) is 20.3 Å². The molecule has 1 N–H and O–H groups in total. The Bertz CT molecular complexity index is 572. The first-order valence-corrected chi connectivity index (χ1v) is 7.17. The summed E-state index contributed by atoms with van der Waals surface area (Å²) in [6.45, 7) is 2.49. The van der Waals surface area contributed by atoms with Gasteiger partial charge in [0.05, 0.1) is 12.3 Å². The summed E-state index contributed by atoms with van der Waals surface area (Å²) < 4.78 is 12.6. The topological polar surface area (TPSA) is 48.3 Å². The number of methoxy groups -OCH3 is 1. The van der Waals surface area contributed by atoms with Crippen LogP contribution in [0.2, 0.25) is 5.02 Å². The second-order valence-electron chi connectivity index (χ2n) is 4.66. The zero-order valence-electron chi connectivity index (χ0n) is 12.3. The van der Waals surface area contributed by atoms with Crippen molar-refractivity contribution < 1.29 is 9.47 Å². The summed E-state index contributed by atoms with van der Waals surface area (Å²) in [5, 5.41) is 8.26. The molecule has 1 heterocycles. The number of aromatic nitrogens is 2. The first-order valence-electron chi connectivity index (χ1n) is 6.79. The standard InChI is InChI=1S/C15H20ClN3O2/c1-19-8-6-12(18-19)11-21-15-5-3-4-14(16)13(15)10-17-7-9-20-2/h3-6,8,17H,7,9-11H2,1-2H3. The van der Waals surface area contributed by atoms with E-state index >= 15 is 0 Å². The summed E-state index contributed by atoms with van der Waals surface area (Å²) in [4.78, 5) is 0. The van der Waals surface area contributed by atoms with Crippen LogP contribution in [0.4, 0.5) is 0 Å². The minimum Gasteiger partial charge on any atom is -0.487 e. The first kappa shape index (κ1) is 15.8. The smallest absolute Gasteiger partial charge is 0.132 e. The van der Waals surface area contributed by atoms with Gasteiger partial charge in [0, 0.05) is 44.0 Å². The lowest BCUT2D eigenvalue weighted by Crippen LogP contribution is -2.19. The van der Waals surface area contributed by atoms with Crippen LogP contribution in [-0.2, 0) is 24.9 Å². The van der Waals surface area contributed by atoms with E-state index in [-0.39, 0.29) is 0 Å². The number of benzene rings is 1. The highest BCUT2D eigenvalue weighted by Crippen LogP contribution is 2.26. The van der Waals surface area contributed by atoms with Crippen LogP contribution >= 0.6 is 11.6 Å². The Labute approximate surface area is 129 Å². The van der Waals surface area contributed by atoms with E-state index in [4.69, 9.17) is 21.1 Å². The Balaban J connectivity index is 1.99. The van der Waals surface area contributed by atoms with Crippen LogP contribution in [0.3, 0.4) is 0 Å². The van der Waals surface area contributed by atoms with Crippen molar-refractivity contribution in [2.45, 2.75) is 13.2 Å². The van der Waals surface area contributed by atoms with Crippen LogP contribution in [-0.4, -0.2) is 30.0 Å².